The number of guanidine groups is 1. The molecular formula is C19H28N4OS. The lowest BCUT2D eigenvalue weighted by Crippen LogP contribution is -2.41. The van der Waals surface area contributed by atoms with Crippen LogP contribution in [-0.4, -0.2) is 30.1 Å². The standard InChI is InChI=1S/C19H28N4OS/c1-6-20-19(22-12-18-15(4)23-16(5)25-18)21-11-14(3)24-17-10-8-7-9-13(17)2/h7-10,14H,6,11-12H2,1-5H3,(H2,20,21,22). The zero-order valence-electron chi connectivity index (χ0n) is 15.7. The molecule has 1 aromatic carbocycles. The first-order valence-corrected chi connectivity index (χ1v) is 9.48. The first-order chi connectivity index (χ1) is 12.0. The topological polar surface area (TPSA) is 58.5 Å². The molecule has 0 aliphatic heterocycles. The molecular weight excluding hydrogens is 332 g/mol. The number of aromatic nitrogens is 1. The Bertz CT molecular complexity index is 711. The van der Waals surface area contributed by atoms with E-state index in [0.29, 0.717) is 13.1 Å². The molecule has 0 amide bonds. The zero-order chi connectivity index (χ0) is 18.2. The van der Waals surface area contributed by atoms with Gasteiger partial charge in [0.2, 0.25) is 0 Å². The molecule has 0 bridgehead atoms. The average Bonchev–Trinajstić information content (AvgIpc) is 2.90. The van der Waals surface area contributed by atoms with Crippen LogP contribution in [0.1, 0.15) is 35.0 Å². The number of hydrogen-bond donors (Lipinski definition) is 2. The lowest BCUT2D eigenvalue weighted by molar-refractivity contribution is 0.222. The van der Waals surface area contributed by atoms with Crippen LogP contribution in [0.2, 0.25) is 0 Å². The van der Waals surface area contributed by atoms with E-state index < -0.39 is 0 Å². The maximum Gasteiger partial charge on any atom is 0.191 e. The molecule has 0 saturated heterocycles. The van der Waals surface area contributed by atoms with Gasteiger partial charge in [-0.3, -0.25) is 0 Å². The van der Waals surface area contributed by atoms with E-state index in [2.05, 4.69) is 47.4 Å². The molecule has 0 spiro atoms. The van der Waals surface area contributed by atoms with E-state index in [-0.39, 0.29) is 6.10 Å². The summed E-state index contributed by atoms with van der Waals surface area (Å²) in [7, 11) is 0. The summed E-state index contributed by atoms with van der Waals surface area (Å²) in [4.78, 5) is 10.3. The van der Waals surface area contributed by atoms with Gasteiger partial charge in [0, 0.05) is 11.4 Å². The van der Waals surface area contributed by atoms with Crippen LogP contribution >= 0.6 is 11.3 Å². The molecule has 2 N–H and O–H groups in total. The molecule has 25 heavy (non-hydrogen) atoms. The van der Waals surface area contributed by atoms with E-state index >= 15 is 0 Å². The number of nitrogens with zero attached hydrogens (tertiary/aromatic N) is 2. The Hall–Kier alpha value is -2.08. The summed E-state index contributed by atoms with van der Waals surface area (Å²) < 4.78 is 6.01. The van der Waals surface area contributed by atoms with Crippen LogP contribution in [0.25, 0.3) is 0 Å². The van der Waals surface area contributed by atoms with Crippen molar-refractivity contribution in [3.63, 3.8) is 0 Å². The second kappa shape index (κ2) is 9.42. The third kappa shape index (κ3) is 6.05. The highest BCUT2D eigenvalue weighted by molar-refractivity contribution is 7.11. The first-order valence-electron chi connectivity index (χ1n) is 8.67. The molecule has 1 aromatic heterocycles. The Morgan fingerprint density at radius 2 is 2.00 bits per heavy atom. The van der Waals surface area contributed by atoms with Crippen molar-refractivity contribution in [2.75, 3.05) is 13.1 Å². The Morgan fingerprint density at radius 3 is 2.64 bits per heavy atom. The van der Waals surface area contributed by atoms with E-state index in [1.54, 1.807) is 11.3 Å². The summed E-state index contributed by atoms with van der Waals surface area (Å²) in [5.41, 5.74) is 2.21. The third-order valence-electron chi connectivity index (χ3n) is 3.70. The lowest BCUT2D eigenvalue weighted by Gasteiger charge is -2.18. The van der Waals surface area contributed by atoms with Gasteiger partial charge in [-0.25, -0.2) is 9.98 Å². The number of ether oxygens (including phenoxy) is 1. The van der Waals surface area contributed by atoms with Gasteiger partial charge in [0.25, 0.3) is 0 Å². The van der Waals surface area contributed by atoms with Crippen LogP contribution in [0.5, 0.6) is 5.75 Å². The van der Waals surface area contributed by atoms with Gasteiger partial charge < -0.3 is 15.4 Å². The molecule has 6 heteroatoms. The quantitative estimate of drug-likeness (QED) is 0.585. The monoisotopic (exact) mass is 360 g/mol. The summed E-state index contributed by atoms with van der Waals surface area (Å²) in [6.07, 6.45) is 0.0392. The molecule has 5 nitrogen and oxygen atoms in total. The Labute approximate surface area is 154 Å². The minimum atomic E-state index is 0.0392. The van der Waals surface area contributed by atoms with Crippen molar-refractivity contribution in [2.24, 2.45) is 4.99 Å². The number of para-hydroxylation sites is 1. The molecule has 0 aliphatic rings. The molecule has 0 fully saturated rings. The Kier molecular flexibility index (Phi) is 7.25. The highest BCUT2D eigenvalue weighted by atomic mass is 32.1. The van der Waals surface area contributed by atoms with E-state index in [0.717, 1.165) is 34.5 Å². The number of rotatable bonds is 7. The molecule has 1 atom stereocenters. The molecule has 0 radical (unpaired) electrons. The molecule has 0 saturated carbocycles. The van der Waals surface area contributed by atoms with Crippen LogP contribution in [0.4, 0.5) is 0 Å². The van der Waals surface area contributed by atoms with Gasteiger partial charge in [-0.2, -0.15) is 0 Å². The summed E-state index contributed by atoms with van der Waals surface area (Å²) >= 11 is 1.70. The van der Waals surface area contributed by atoms with Crippen molar-refractivity contribution in [3.8, 4) is 5.75 Å². The van der Waals surface area contributed by atoms with Crippen LogP contribution in [-0.2, 0) is 6.54 Å². The highest BCUT2D eigenvalue weighted by Gasteiger charge is 2.08. The summed E-state index contributed by atoms with van der Waals surface area (Å²) in [6, 6.07) is 8.07. The average molecular weight is 361 g/mol. The normalized spacial score (nSPS) is 12.8. The van der Waals surface area contributed by atoms with E-state index in [4.69, 9.17) is 4.74 Å². The highest BCUT2D eigenvalue weighted by Crippen LogP contribution is 2.18. The molecule has 0 aliphatic carbocycles. The van der Waals surface area contributed by atoms with Gasteiger partial charge >= 0.3 is 0 Å². The number of nitrogens with one attached hydrogen (secondary N) is 2. The van der Waals surface area contributed by atoms with Gasteiger partial charge in [0.15, 0.2) is 5.96 Å². The first kappa shape index (κ1) is 19.2. The van der Waals surface area contributed by atoms with Gasteiger partial charge in [-0.05, 0) is 46.2 Å². The largest absolute Gasteiger partial charge is 0.489 e. The van der Waals surface area contributed by atoms with Crippen LogP contribution in [0, 0.1) is 20.8 Å². The molecule has 1 unspecified atom stereocenters. The predicted molar refractivity (Wildman–Crippen MR) is 106 cm³/mol. The van der Waals surface area contributed by atoms with Crippen molar-refractivity contribution >= 4 is 17.3 Å². The van der Waals surface area contributed by atoms with Crippen molar-refractivity contribution < 1.29 is 4.74 Å². The third-order valence-corrected chi connectivity index (χ3v) is 4.76. The fourth-order valence-corrected chi connectivity index (χ4v) is 3.26. The van der Waals surface area contributed by atoms with Crippen molar-refractivity contribution in [3.05, 3.63) is 45.4 Å². The summed E-state index contributed by atoms with van der Waals surface area (Å²) in [6.45, 7) is 12.4. The fourth-order valence-electron chi connectivity index (χ4n) is 2.40. The second-order valence-electron chi connectivity index (χ2n) is 6.01. The number of aliphatic imine (C=N–C) groups is 1. The number of thiazole rings is 1. The van der Waals surface area contributed by atoms with Gasteiger partial charge in [-0.1, -0.05) is 18.2 Å². The summed E-state index contributed by atoms with van der Waals surface area (Å²) in [5.74, 6) is 1.72. The minimum absolute atomic E-state index is 0.0392. The summed E-state index contributed by atoms with van der Waals surface area (Å²) in [5, 5.41) is 7.72. The smallest absolute Gasteiger partial charge is 0.191 e. The van der Waals surface area contributed by atoms with E-state index in [9.17, 15) is 0 Å². The van der Waals surface area contributed by atoms with Crippen molar-refractivity contribution in [1.82, 2.24) is 15.6 Å². The minimum Gasteiger partial charge on any atom is -0.489 e. The van der Waals surface area contributed by atoms with Crippen LogP contribution < -0.4 is 15.4 Å². The Morgan fingerprint density at radius 1 is 1.24 bits per heavy atom. The molecule has 136 valence electrons. The van der Waals surface area contributed by atoms with Gasteiger partial charge in [-0.15, -0.1) is 11.3 Å². The maximum atomic E-state index is 6.01. The number of aryl methyl sites for hydroxylation is 3. The van der Waals surface area contributed by atoms with Crippen molar-refractivity contribution in [2.45, 2.75) is 47.3 Å². The van der Waals surface area contributed by atoms with E-state index in [1.807, 2.05) is 32.0 Å². The SMILES string of the molecule is CCNC(=NCc1sc(C)nc1C)NCC(C)Oc1ccccc1C. The van der Waals surface area contributed by atoms with Crippen LogP contribution in [0.15, 0.2) is 29.3 Å². The number of benzene rings is 1. The second-order valence-corrected chi connectivity index (χ2v) is 7.30. The van der Waals surface area contributed by atoms with E-state index in [1.165, 1.54) is 4.88 Å². The molecule has 2 rings (SSSR count). The zero-order valence-corrected chi connectivity index (χ0v) is 16.5. The van der Waals surface area contributed by atoms with Crippen LogP contribution in [0.3, 0.4) is 0 Å². The fraction of sp³-hybridized carbons (Fsp3) is 0.474. The van der Waals surface area contributed by atoms with Crippen molar-refractivity contribution in [1.29, 1.82) is 0 Å². The predicted octanol–water partition coefficient (Wildman–Crippen LogP) is 3.59. The Balaban J connectivity index is 1.91. The van der Waals surface area contributed by atoms with Gasteiger partial charge in [0.1, 0.15) is 11.9 Å². The lowest BCUT2D eigenvalue weighted by atomic mass is 10.2. The number of hydrogen-bond acceptors (Lipinski definition) is 4. The molecule has 1 heterocycles. The van der Waals surface area contributed by atoms with Gasteiger partial charge in [0.05, 0.1) is 23.8 Å². The molecule has 2 aromatic rings. The maximum absolute atomic E-state index is 6.01.